The second-order valence-electron chi connectivity index (χ2n) is 3.13. The van der Waals surface area contributed by atoms with Crippen LogP contribution in [-0.4, -0.2) is 21.9 Å². The first-order valence-electron chi connectivity index (χ1n) is 4.47. The number of nitro groups is 3. The molecular formula is C8H7N3O7. The molecule has 1 aromatic rings. The molecule has 0 spiro atoms. The summed E-state index contributed by atoms with van der Waals surface area (Å²) in [5.74, 6) is -0.130. The third-order valence-corrected chi connectivity index (χ3v) is 2.10. The smallest absolute Gasteiger partial charge is 0.476 e. The van der Waals surface area contributed by atoms with E-state index in [9.17, 15) is 30.3 Å². The van der Waals surface area contributed by atoms with Crippen LogP contribution >= 0.6 is 0 Å². The lowest BCUT2D eigenvalue weighted by Crippen LogP contribution is -2.19. The maximum absolute atomic E-state index is 10.7. The Morgan fingerprint density at radius 2 is 1.67 bits per heavy atom. The number of nitrogens with zero attached hydrogens (tertiary/aromatic N) is 3. The molecule has 0 heterocycles. The van der Waals surface area contributed by atoms with Gasteiger partial charge >= 0.3 is 11.9 Å². The van der Waals surface area contributed by atoms with E-state index < -0.39 is 32.2 Å². The van der Waals surface area contributed by atoms with E-state index >= 15 is 0 Å². The van der Waals surface area contributed by atoms with Crippen molar-refractivity contribution in [1.29, 1.82) is 0 Å². The molecule has 0 bridgehead atoms. The molecule has 1 rings (SSSR count). The molecule has 10 nitrogen and oxygen atoms in total. The summed E-state index contributed by atoms with van der Waals surface area (Å²) in [5.41, 5.74) is -0.957. The van der Waals surface area contributed by atoms with Gasteiger partial charge in [-0.25, -0.2) is 0 Å². The van der Waals surface area contributed by atoms with Gasteiger partial charge in [0.05, 0.1) is 12.0 Å². The average molecular weight is 257 g/mol. The van der Waals surface area contributed by atoms with Crippen molar-refractivity contribution in [1.82, 2.24) is 0 Å². The van der Waals surface area contributed by atoms with Crippen molar-refractivity contribution >= 4 is 5.69 Å². The molecule has 0 aromatic heterocycles. The highest BCUT2D eigenvalue weighted by Crippen LogP contribution is 2.30. The minimum atomic E-state index is -2.24. The number of benzene rings is 1. The number of methoxy groups -OCH3 is 1. The second kappa shape index (κ2) is 5.03. The van der Waals surface area contributed by atoms with Crippen molar-refractivity contribution in [2.75, 3.05) is 7.11 Å². The standard InChI is InChI=1S/C8H7N3O7/c1-18-7-3-2-5(4-6(7)9(12)13)8(10(14)15)11(16)17/h2-4,8H,1H3. The Morgan fingerprint density at radius 3 is 2.06 bits per heavy atom. The lowest BCUT2D eigenvalue weighted by atomic mass is 10.1. The Hall–Kier alpha value is -2.78. The van der Waals surface area contributed by atoms with E-state index in [0.29, 0.717) is 0 Å². The number of rotatable bonds is 5. The Bertz CT molecular complexity index is 501. The van der Waals surface area contributed by atoms with Gasteiger partial charge in [-0.1, -0.05) is 0 Å². The first-order valence-corrected chi connectivity index (χ1v) is 4.47. The molecule has 0 saturated heterocycles. The molecule has 0 radical (unpaired) electrons. The van der Waals surface area contributed by atoms with Crippen LogP contribution in [0.1, 0.15) is 11.7 Å². The molecule has 0 aliphatic carbocycles. The zero-order valence-electron chi connectivity index (χ0n) is 9.01. The summed E-state index contributed by atoms with van der Waals surface area (Å²) in [6.07, 6.45) is -2.24. The van der Waals surface area contributed by atoms with Crippen LogP contribution in [0, 0.1) is 30.3 Å². The fourth-order valence-electron chi connectivity index (χ4n) is 1.33. The van der Waals surface area contributed by atoms with Crippen molar-refractivity contribution in [2.45, 2.75) is 6.17 Å². The summed E-state index contributed by atoms with van der Waals surface area (Å²) in [5, 5.41) is 31.8. The van der Waals surface area contributed by atoms with Gasteiger partial charge in [-0.2, -0.15) is 0 Å². The van der Waals surface area contributed by atoms with Gasteiger partial charge in [0.25, 0.3) is 0 Å². The van der Waals surface area contributed by atoms with Crippen LogP contribution in [0.25, 0.3) is 0 Å². The topological polar surface area (TPSA) is 139 Å². The van der Waals surface area contributed by atoms with Crippen molar-refractivity contribution in [2.24, 2.45) is 0 Å². The molecule has 0 fully saturated rings. The minimum Gasteiger partial charge on any atom is -0.490 e. The highest BCUT2D eigenvalue weighted by Gasteiger charge is 2.36. The number of hydrogen-bond donors (Lipinski definition) is 0. The first kappa shape index (κ1) is 13.3. The molecule has 0 aliphatic heterocycles. The molecule has 0 unspecified atom stereocenters. The summed E-state index contributed by atoms with van der Waals surface area (Å²) >= 11 is 0. The van der Waals surface area contributed by atoms with E-state index in [1.54, 1.807) is 0 Å². The predicted octanol–water partition coefficient (Wildman–Crippen LogP) is 1.16. The van der Waals surface area contributed by atoms with Gasteiger partial charge in [0.2, 0.25) is 0 Å². The molecule has 0 atom stereocenters. The minimum absolute atomic E-state index is 0.130. The van der Waals surface area contributed by atoms with E-state index in [2.05, 4.69) is 4.74 Å². The number of nitro benzene ring substituents is 1. The summed E-state index contributed by atoms with van der Waals surface area (Å²) in [6, 6.07) is 2.88. The van der Waals surface area contributed by atoms with E-state index in [1.165, 1.54) is 7.11 Å². The normalized spacial score (nSPS) is 10.1. The van der Waals surface area contributed by atoms with Crippen LogP contribution in [0.5, 0.6) is 5.75 Å². The third kappa shape index (κ3) is 2.48. The Labute approximate surface area is 99.2 Å². The van der Waals surface area contributed by atoms with Crippen LogP contribution in [0.3, 0.4) is 0 Å². The molecule has 0 N–H and O–H groups in total. The van der Waals surface area contributed by atoms with Gasteiger partial charge in [-0.05, 0) is 12.1 Å². The third-order valence-electron chi connectivity index (χ3n) is 2.10. The van der Waals surface area contributed by atoms with Gasteiger partial charge in [0.1, 0.15) is 15.4 Å². The van der Waals surface area contributed by atoms with E-state index in [-0.39, 0.29) is 5.75 Å². The predicted molar refractivity (Wildman–Crippen MR) is 56.4 cm³/mol. The summed E-state index contributed by atoms with van der Waals surface area (Å²) in [6.45, 7) is 0. The largest absolute Gasteiger partial charge is 0.490 e. The molecule has 10 heteroatoms. The number of hydrogen-bond acceptors (Lipinski definition) is 7. The highest BCUT2D eigenvalue weighted by atomic mass is 16.7. The van der Waals surface area contributed by atoms with Crippen LogP contribution in [-0.2, 0) is 0 Å². The molecule has 0 amide bonds. The summed E-state index contributed by atoms with van der Waals surface area (Å²) in [4.78, 5) is 28.7. The SMILES string of the molecule is COc1ccc(C([N+](=O)[O-])[N+](=O)[O-])cc1[N+](=O)[O-]. The van der Waals surface area contributed by atoms with Crippen molar-refractivity contribution in [3.8, 4) is 5.75 Å². The van der Waals surface area contributed by atoms with Gasteiger partial charge in [0, 0.05) is 6.07 Å². The van der Waals surface area contributed by atoms with Crippen molar-refractivity contribution in [3.63, 3.8) is 0 Å². The Balaban J connectivity index is 3.34. The van der Waals surface area contributed by atoms with E-state index in [0.717, 1.165) is 18.2 Å². The zero-order valence-corrected chi connectivity index (χ0v) is 9.01. The number of ether oxygens (including phenoxy) is 1. The second-order valence-corrected chi connectivity index (χ2v) is 3.13. The first-order chi connectivity index (χ1) is 8.38. The van der Waals surface area contributed by atoms with Gasteiger partial charge in [0.15, 0.2) is 5.75 Å². The molecule has 96 valence electrons. The van der Waals surface area contributed by atoms with E-state index in [4.69, 9.17) is 0 Å². The van der Waals surface area contributed by atoms with Gasteiger partial charge < -0.3 is 4.74 Å². The van der Waals surface area contributed by atoms with Crippen LogP contribution in [0.15, 0.2) is 18.2 Å². The molecule has 0 aliphatic rings. The van der Waals surface area contributed by atoms with E-state index in [1.807, 2.05) is 0 Å². The summed E-state index contributed by atoms with van der Waals surface area (Å²) in [7, 11) is 1.18. The lowest BCUT2D eigenvalue weighted by molar-refractivity contribution is -0.752. The highest BCUT2D eigenvalue weighted by molar-refractivity contribution is 5.48. The van der Waals surface area contributed by atoms with Crippen molar-refractivity contribution < 1.29 is 19.5 Å². The average Bonchev–Trinajstić information content (AvgIpc) is 2.27. The molecule has 0 saturated carbocycles. The zero-order chi connectivity index (χ0) is 13.9. The lowest BCUT2D eigenvalue weighted by Gasteiger charge is -2.04. The van der Waals surface area contributed by atoms with Gasteiger partial charge in [-0.3, -0.25) is 30.3 Å². The van der Waals surface area contributed by atoms with Gasteiger partial charge in [-0.15, -0.1) is 0 Å². The maximum atomic E-state index is 10.7. The monoisotopic (exact) mass is 257 g/mol. The Kier molecular flexibility index (Phi) is 3.72. The van der Waals surface area contributed by atoms with Crippen molar-refractivity contribution in [3.05, 3.63) is 54.1 Å². The summed E-state index contributed by atoms with van der Waals surface area (Å²) < 4.78 is 4.68. The fourth-order valence-corrected chi connectivity index (χ4v) is 1.33. The Morgan fingerprint density at radius 1 is 1.11 bits per heavy atom. The van der Waals surface area contributed by atoms with Crippen LogP contribution in [0.4, 0.5) is 5.69 Å². The molecular weight excluding hydrogens is 250 g/mol. The quantitative estimate of drug-likeness (QED) is 0.437. The molecule has 18 heavy (non-hydrogen) atoms. The van der Waals surface area contributed by atoms with Crippen LogP contribution in [0.2, 0.25) is 0 Å². The maximum Gasteiger partial charge on any atom is 0.476 e. The fraction of sp³-hybridized carbons (Fsp3) is 0.250. The molecule has 1 aromatic carbocycles. The van der Waals surface area contributed by atoms with Crippen LogP contribution < -0.4 is 4.74 Å².